The molecule has 1 aromatic heterocycles. The van der Waals surface area contributed by atoms with Crippen LogP contribution in [-0.4, -0.2) is 34.2 Å². The molecule has 3 rings (SSSR count). The van der Waals surface area contributed by atoms with Crippen LogP contribution in [0.15, 0.2) is 24.3 Å². The lowest BCUT2D eigenvalue weighted by Gasteiger charge is -2.31. The number of aryl methyl sites for hydroxylation is 1. The fraction of sp³-hybridized carbons (Fsp3) is 0.438. The third-order valence-electron chi connectivity index (χ3n) is 3.96. The van der Waals surface area contributed by atoms with E-state index in [-0.39, 0.29) is 17.8 Å². The van der Waals surface area contributed by atoms with Gasteiger partial charge in [0.25, 0.3) is 0 Å². The predicted octanol–water partition coefficient (Wildman–Crippen LogP) is 3.07. The molecule has 1 aromatic carbocycles. The van der Waals surface area contributed by atoms with Gasteiger partial charge in [0.2, 0.25) is 0 Å². The van der Waals surface area contributed by atoms with Crippen LogP contribution in [0.5, 0.6) is 0 Å². The van der Waals surface area contributed by atoms with Crippen molar-refractivity contribution in [1.29, 1.82) is 0 Å². The van der Waals surface area contributed by atoms with Crippen molar-refractivity contribution in [2.75, 3.05) is 13.1 Å². The molecule has 0 radical (unpaired) electrons. The molecule has 0 saturated carbocycles. The summed E-state index contributed by atoms with van der Waals surface area (Å²) in [6, 6.07) is 6.07. The van der Waals surface area contributed by atoms with Gasteiger partial charge in [-0.25, -0.2) is 9.18 Å². The molecule has 2 aromatic rings. The number of hydrogen-bond donors (Lipinski definition) is 1. The molecular formula is C16H19FN4OS. The Hall–Kier alpha value is -2.02. The normalized spacial score (nSPS) is 18.0. The number of aromatic nitrogens is 2. The van der Waals surface area contributed by atoms with Crippen molar-refractivity contribution in [2.45, 2.75) is 32.2 Å². The van der Waals surface area contributed by atoms with E-state index in [4.69, 9.17) is 0 Å². The van der Waals surface area contributed by atoms with Crippen LogP contribution in [0.2, 0.25) is 0 Å². The van der Waals surface area contributed by atoms with E-state index in [1.54, 1.807) is 23.5 Å². The zero-order chi connectivity index (χ0) is 16.2. The molecule has 0 bridgehead atoms. The number of amides is 2. The molecule has 1 saturated heterocycles. The number of halogens is 1. The maximum Gasteiger partial charge on any atom is 0.317 e. The van der Waals surface area contributed by atoms with Gasteiger partial charge in [-0.2, -0.15) is 0 Å². The molecule has 0 spiro atoms. The maximum atomic E-state index is 12.9. The molecule has 0 unspecified atom stereocenters. The van der Waals surface area contributed by atoms with Crippen molar-refractivity contribution in [1.82, 2.24) is 20.4 Å². The van der Waals surface area contributed by atoms with Crippen LogP contribution < -0.4 is 5.32 Å². The third kappa shape index (κ3) is 4.04. The first-order valence-electron chi connectivity index (χ1n) is 7.69. The number of carbonyl (C=O) groups is 1. The van der Waals surface area contributed by atoms with Crippen LogP contribution >= 0.6 is 11.3 Å². The SMILES string of the molecule is Cc1nnc([C@@H]2CCCN(C(=O)NCc3ccc(F)cc3)C2)s1. The molecule has 2 heterocycles. The summed E-state index contributed by atoms with van der Waals surface area (Å²) in [5.41, 5.74) is 0.882. The van der Waals surface area contributed by atoms with E-state index >= 15 is 0 Å². The number of nitrogens with one attached hydrogen (secondary N) is 1. The summed E-state index contributed by atoms with van der Waals surface area (Å²) in [7, 11) is 0. The lowest BCUT2D eigenvalue weighted by Crippen LogP contribution is -2.44. The van der Waals surface area contributed by atoms with E-state index in [2.05, 4.69) is 15.5 Å². The van der Waals surface area contributed by atoms with Crippen molar-refractivity contribution in [3.05, 3.63) is 45.7 Å². The highest BCUT2D eigenvalue weighted by Crippen LogP contribution is 2.28. The zero-order valence-electron chi connectivity index (χ0n) is 13.0. The Labute approximate surface area is 138 Å². The quantitative estimate of drug-likeness (QED) is 0.938. The minimum Gasteiger partial charge on any atom is -0.334 e. The molecular weight excluding hydrogens is 315 g/mol. The molecule has 0 aliphatic carbocycles. The molecule has 23 heavy (non-hydrogen) atoms. The Balaban J connectivity index is 1.55. The Bertz CT molecular complexity index is 673. The molecule has 7 heteroatoms. The summed E-state index contributed by atoms with van der Waals surface area (Å²) in [5.74, 6) is -0.00202. The number of urea groups is 1. The second-order valence-corrected chi connectivity index (χ2v) is 6.94. The second kappa shape index (κ2) is 7.04. The Morgan fingerprint density at radius 3 is 2.87 bits per heavy atom. The molecule has 1 N–H and O–H groups in total. The average molecular weight is 334 g/mol. The van der Waals surface area contributed by atoms with Crippen LogP contribution in [0, 0.1) is 12.7 Å². The standard InChI is InChI=1S/C16H19FN4OS/c1-11-19-20-15(23-11)13-3-2-8-21(10-13)16(22)18-9-12-4-6-14(17)7-5-12/h4-7,13H,2-3,8-10H2,1H3,(H,18,22)/t13-/m1/s1. The first-order chi connectivity index (χ1) is 11.1. The zero-order valence-corrected chi connectivity index (χ0v) is 13.8. The van der Waals surface area contributed by atoms with E-state index in [9.17, 15) is 9.18 Å². The van der Waals surface area contributed by atoms with Gasteiger partial charge >= 0.3 is 6.03 Å². The van der Waals surface area contributed by atoms with Crippen molar-refractivity contribution in [3.63, 3.8) is 0 Å². The van der Waals surface area contributed by atoms with Gasteiger partial charge in [0.15, 0.2) is 0 Å². The van der Waals surface area contributed by atoms with E-state index in [1.165, 1.54) is 12.1 Å². The van der Waals surface area contributed by atoms with Crippen molar-refractivity contribution < 1.29 is 9.18 Å². The number of likely N-dealkylation sites (tertiary alicyclic amines) is 1. The van der Waals surface area contributed by atoms with Crippen molar-refractivity contribution in [2.24, 2.45) is 0 Å². The minimum atomic E-state index is -0.272. The first-order valence-corrected chi connectivity index (χ1v) is 8.50. The van der Waals surface area contributed by atoms with Gasteiger partial charge in [-0.3, -0.25) is 0 Å². The Kier molecular flexibility index (Phi) is 4.85. The highest BCUT2D eigenvalue weighted by Gasteiger charge is 2.26. The van der Waals surface area contributed by atoms with Gasteiger partial charge in [0, 0.05) is 25.6 Å². The number of piperidine rings is 1. The number of carbonyl (C=O) groups excluding carboxylic acids is 1. The molecule has 1 aliphatic rings. The lowest BCUT2D eigenvalue weighted by molar-refractivity contribution is 0.179. The molecule has 1 fully saturated rings. The van der Waals surface area contributed by atoms with Crippen LogP contribution in [-0.2, 0) is 6.54 Å². The van der Waals surface area contributed by atoms with Crippen molar-refractivity contribution >= 4 is 17.4 Å². The van der Waals surface area contributed by atoms with Gasteiger partial charge < -0.3 is 10.2 Å². The van der Waals surface area contributed by atoms with E-state index < -0.39 is 0 Å². The summed E-state index contributed by atoms with van der Waals surface area (Å²) in [4.78, 5) is 14.2. The Morgan fingerprint density at radius 1 is 1.39 bits per heavy atom. The monoisotopic (exact) mass is 334 g/mol. The van der Waals surface area contributed by atoms with Crippen molar-refractivity contribution in [3.8, 4) is 0 Å². The number of nitrogens with zero attached hydrogens (tertiary/aromatic N) is 3. The molecule has 2 amide bonds. The maximum absolute atomic E-state index is 12.9. The van der Waals surface area contributed by atoms with Crippen LogP contribution in [0.1, 0.15) is 34.3 Å². The fourth-order valence-electron chi connectivity index (χ4n) is 2.73. The smallest absolute Gasteiger partial charge is 0.317 e. The van der Waals surface area contributed by atoms with Crippen LogP contribution in [0.25, 0.3) is 0 Å². The molecule has 122 valence electrons. The summed E-state index contributed by atoms with van der Waals surface area (Å²) in [5, 5.41) is 13.1. The second-order valence-electron chi connectivity index (χ2n) is 5.73. The summed E-state index contributed by atoms with van der Waals surface area (Å²) >= 11 is 1.60. The third-order valence-corrected chi connectivity index (χ3v) is 4.96. The first kappa shape index (κ1) is 15.9. The number of rotatable bonds is 3. The summed E-state index contributed by atoms with van der Waals surface area (Å²) < 4.78 is 12.9. The van der Waals surface area contributed by atoms with Crippen LogP contribution in [0.4, 0.5) is 9.18 Å². The van der Waals surface area contributed by atoms with Gasteiger partial charge in [-0.05, 0) is 37.5 Å². The topological polar surface area (TPSA) is 58.1 Å². The minimum absolute atomic E-state index is 0.0831. The largest absolute Gasteiger partial charge is 0.334 e. The predicted molar refractivity (Wildman–Crippen MR) is 86.8 cm³/mol. The number of hydrogen-bond acceptors (Lipinski definition) is 4. The fourth-order valence-corrected chi connectivity index (χ4v) is 3.56. The van der Waals surface area contributed by atoms with Gasteiger partial charge in [-0.15, -0.1) is 21.5 Å². The highest BCUT2D eigenvalue weighted by atomic mass is 32.1. The summed E-state index contributed by atoms with van der Waals surface area (Å²) in [6.07, 6.45) is 2.00. The van der Waals surface area contributed by atoms with Crippen LogP contribution in [0.3, 0.4) is 0 Å². The van der Waals surface area contributed by atoms with Gasteiger partial charge in [0.1, 0.15) is 15.8 Å². The van der Waals surface area contributed by atoms with E-state index in [0.717, 1.165) is 35.0 Å². The lowest BCUT2D eigenvalue weighted by atomic mass is 9.99. The van der Waals surface area contributed by atoms with Gasteiger partial charge in [0.05, 0.1) is 0 Å². The number of benzene rings is 1. The summed E-state index contributed by atoms with van der Waals surface area (Å²) in [6.45, 7) is 3.77. The molecule has 1 atom stereocenters. The Morgan fingerprint density at radius 2 is 2.17 bits per heavy atom. The molecule has 1 aliphatic heterocycles. The average Bonchev–Trinajstić information content (AvgIpc) is 3.01. The van der Waals surface area contributed by atoms with E-state index in [1.807, 2.05) is 11.8 Å². The molecule has 5 nitrogen and oxygen atoms in total. The van der Waals surface area contributed by atoms with Gasteiger partial charge in [-0.1, -0.05) is 12.1 Å². The van der Waals surface area contributed by atoms with E-state index in [0.29, 0.717) is 13.1 Å². The highest BCUT2D eigenvalue weighted by molar-refractivity contribution is 7.11.